The number of hydrogen-bond donors (Lipinski definition) is 3. The third-order valence-corrected chi connectivity index (χ3v) is 8.98. The van der Waals surface area contributed by atoms with Crippen molar-refractivity contribution in [3.63, 3.8) is 0 Å². The van der Waals surface area contributed by atoms with Crippen molar-refractivity contribution in [3.05, 3.63) is 29.3 Å². The molecule has 0 aliphatic rings. The van der Waals surface area contributed by atoms with Crippen molar-refractivity contribution in [2.24, 2.45) is 0 Å². The minimum Gasteiger partial charge on any atom is -0.543 e. The highest BCUT2D eigenvalue weighted by Gasteiger charge is 2.39. The molecule has 0 spiro atoms. The SMILES string of the molecule is CC(C)(C)NCC(O)c1ccc(O[Si](C)(C)C(C)(C)C)c(CO)c1. The quantitative estimate of drug-likeness (QED) is 0.677. The molecule has 5 heteroatoms. The molecule has 24 heavy (non-hydrogen) atoms. The normalized spacial score (nSPS) is 14.6. The van der Waals surface area contributed by atoms with Crippen molar-refractivity contribution in [2.75, 3.05) is 6.54 Å². The first kappa shape index (κ1) is 21.2. The van der Waals surface area contributed by atoms with Crippen LogP contribution in [-0.2, 0) is 6.61 Å². The lowest BCUT2D eigenvalue weighted by Crippen LogP contribution is -2.44. The van der Waals surface area contributed by atoms with Crippen LogP contribution in [0.15, 0.2) is 18.2 Å². The van der Waals surface area contributed by atoms with Crippen LogP contribution in [0, 0.1) is 0 Å². The topological polar surface area (TPSA) is 61.7 Å². The van der Waals surface area contributed by atoms with Gasteiger partial charge in [-0.3, -0.25) is 0 Å². The maximum Gasteiger partial charge on any atom is 0.250 e. The first-order chi connectivity index (χ1) is 10.8. The number of aliphatic hydroxyl groups is 2. The highest BCUT2D eigenvalue weighted by Crippen LogP contribution is 2.38. The molecule has 0 aromatic heterocycles. The lowest BCUT2D eigenvalue weighted by atomic mass is 10.0. The van der Waals surface area contributed by atoms with Gasteiger partial charge in [-0.2, -0.15) is 0 Å². The molecule has 0 radical (unpaired) electrons. The fourth-order valence-electron chi connectivity index (χ4n) is 1.98. The lowest BCUT2D eigenvalue weighted by molar-refractivity contribution is 0.163. The van der Waals surface area contributed by atoms with Gasteiger partial charge in [0, 0.05) is 17.6 Å². The summed E-state index contributed by atoms with van der Waals surface area (Å²) < 4.78 is 6.32. The molecule has 1 atom stereocenters. The van der Waals surface area contributed by atoms with Gasteiger partial charge in [0.15, 0.2) is 0 Å². The van der Waals surface area contributed by atoms with E-state index in [0.29, 0.717) is 6.54 Å². The zero-order valence-electron chi connectivity index (χ0n) is 16.5. The zero-order chi connectivity index (χ0) is 18.8. The van der Waals surface area contributed by atoms with Gasteiger partial charge in [-0.25, -0.2) is 0 Å². The Hall–Kier alpha value is -0.883. The van der Waals surface area contributed by atoms with E-state index in [1.165, 1.54) is 0 Å². The summed E-state index contributed by atoms with van der Waals surface area (Å²) in [6.45, 7) is 17.5. The van der Waals surface area contributed by atoms with Crippen LogP contribution in [0.4, 0.5) is 0 Å². The van der Waals surface area contributed by atoms with Crippen molar-refractivity contribution in [3.8, 4) is 5.75 Å². The molecule has 1 aromatic carbocycles. The van der Waals surface area contributed by atoms with Crippen LogP contribution in [0.3, 0.4) is 0 Å². The Labute approximate surface area is 148 Å². The standard InChI is InChI=1S/C19H35NO3Si/c1-18(2,3)20-12-16(22)14-9-10-17(15(11-14)13-21)23-24(7,8)19(4,5)6/h9-11,16,20-22H,12-13H2,1-8H3. The molecular formula is C19H35NO3Si. The molecule has 1 rings (SSSR count). The van der Waals surface area contributed by atoms with Gasteiger partial charge in [0.1, 0.15) is 5.75 Å². The second-order valence-corrected chi connectivity index (χ2v) is 13.8. The summed E-state index contributed by atoms with van der Waals surface area (Å²) in [6.07, 6.45) is -0.614. The van der Waals surface area contributed by atoms with E-state index >= 15 is 0 Å². The van der Waals surface area contributed by atoms with Crippen LogP contribution in [0.25, 0.3) is 0 Å². The van der Waals surface area contributed by atoms with Crippen LogP contribution in [0.5, 0.6) is 5.75 Å². The molecule has 0 aliphatic carbocycles. The molecule has 0 bridgehead atoms. The molecule has 138 valence electrons. The highest BCUT2D eigenvalue weighted by molar-refractivity contribution is 6.74. The first-order valence-electron chi connectivity index (χ1n) is 8.62. The van der Waals surface area contributed by atoms with E-state index in [0.717, 1.165) is 16.9 Å². The fourth-order valence-corrected chi connectivity index (χ4v) is 3.03. The number of β-amino-alcohol motifs (C(OH)–C–C–N with tert-alkyl or cyclic N) is 1. The molecule has 4 nitrogen and oxygen atoms in total. The summed E-state index contributed by atoms with van der Waals surface area (Å²) in [7, 11) is -1.96. The van der Waals surface area contributed by atoms with Crippen molar-refractivity contribution in [2.45, 2.75) is 77.9 Å². The zero-order valence-corrected chi connectivity index (χ0v) is 17.5. The van der Waals surface area contributed by atoms with Crippen LogP contribution in [0.2, 0.25) is 18.1 Å². The summed E-state index contributed by atoms with van der Waals surface area (Å²) in [5.41, 5.74) is 1.47. The predicted octanol–water partition coefficient (Wildman–Crippen LogP) is 3.98. The molecule has 1 unspecified atom stereocenters. The summed E-state index contributed by atoms with van der Waals surface area (Å²) in [5, 5.41) is 23.5. The molecule has 0 heterocycles. The summed E-state index contributed by atoms with van der Waals surface area (Å²) in [5.74, 6) is 0.726. The van der Waals surface area contributed by atoms with Gasteiger partial charge in [0.25, 0.3) is 0 Å². The van der Waals surface area contributed by atoms with Crippen LogP contribution >= 0.6 is 0 Å². The number of aliphatic hydroxyl groups excluding tert-OH is 2. The van der Waals surface area contributed by atoms with E-state index in [9.17, 15) is 10.2 Å². The van der Waals surface area contributed by atoms with Crippen molar-refractivity contribution in [1.82, 2.24) is 5.32 Å². The van der Waals surface area contributed by atoms with Gasteiger partial charge < -0.3 is 20.0 Å². The maximum atomic E-state index is 10.4. The molecule has 1 aromatic rings. The van der Waals surface area contributed by atoms with Crippen LogP contribution in [0.1, 0.15) is 58.8 Å². The fraction of sp³-hybridized carbons (Fsp3) is 0.684. The van der Waals surface area contributed by atoms with Crippen LogP contribution < -0.4 is 9.74 Å². The summed E-state index contributed by atoms with van der Waals surface area (Å²) in [4.78, 5) is 0. The highest BCUT2D eigenvalue weighted by atomic mass is 28.4. The first-order valence-corrected chi connectivity index (χ1v) is 11.5. The van der Waals surface area contributed by atoms with Gasteiger partial charge >= 0.3 is 0 Å². The van der Waals surface area contributed by atoms with Crippen LogP contribution in [-0.4, -0.2) is 30.6 Å². The van der Waals surface area contributed by atoms with Gasteiger partial charge in [-0.05, 0) is 56.6 Å². The van der Waals surface area contributed by atoms with Gasteiger partial charge in [-0.1, -0.05) is 26.8 Å². The van der Waals surface area contributed by atoms with E-state index in [1.807, 2.05) is 18.2 Å². The third kappa shape index (κ3) is 5.88. The average molecular weight is 354 g/mol. The second-order valence-electron chi connectivity index (χ2n) is 9.03. The largest absolute Gasteiger partial charge is 0.543 e. The van der Waals surface area contributed by atoms with E-state index in [-0.39, 0.29) is 17.2 Å². The molecule has 3 N–H and O–H groups in total. The Bertz CT molecular complexity index is 545. The summed E-state index contributed by atoms with van der Waals surface area (Å²) >= 11 is 0. The van der Waals surface area contributed by atoms with E-state index in [1.54, 1.807) is 0 Å². The molecular weight excluding hydrogens is 318 g/mol. The molecule has 0 amide bonds. The van der Waals surface area contributed by atoms with Gasteiger partial charge in [-0.15, -0.1) is 0 Å². The van der Waals surface area contributed by atoms with Crippen molar-refractivity contribution in [1.29, 1.82) is 0 Å². The molecule has 0 saturated carbocycles. The molecule has 0 fully saturated rings. The Kier molecular flexibility index (Phi) is 6.67. The van der Waals surface area contributed by atoms with E-state index in [4.69, 9.17) is 4.43 Å². The smallest absolute Gasteiger partial charge is 0.250 e. The van der Waals surface area contributed by atoms with Gasteiger partial charge in [0.05, 0.1) is 12.7 Å². The Balaban J connectivity index is 2.97. The lowest BCUT2D eigenvalue weighted by Gasteiger charge is -2.37. The number of nitrogens with one attached hydrogen (secondary N) is 1. The average Bonchev–Trinajstić information content (AvgIpc) is 2.42. The van der Waals surface area contributed by atoms with E-state index in [2.05, 4.69) is 60.0 Å². The second kappa shape index (κ2) is 7.56. The number of benzene rings is 1. The van der Waals surface area contributed by atoms with E-state index < -0.39 is 14.4 Å². The van der Waals surface area contributed by atoms with Gasteiger partial charge in [0.2, 0.25) is 8.32 Å². The predicted molar refractivity (Wildman–Crippen MR) is 103 cm³/mol. The Morgan fingerprint density at radius 1 is 1.12 bits per heavy atom. The molecule has 0 aliphatic heterocycles. The minimum absolute atomic E-state index is 0.0494. The Morgan fingerprint density at radius 3 is 2.17 bits per heavy atom. The number of rotatable bonds is 6. The van der Waals surface area contributed by atoms with Crippen molar-refractivity contribution >= 4 is 8.32 Å². The Morgan fingerprint density at radius 2 is 1.71 bits per heavy atom. The molecule has 0 saturated heterocycles. The third-order valence-electron chi connectivity index (χ3n) is 4.64. The summed E-state index contributed by atoms with van der Waals surface area (Å²) in [6, 6.07) is 5.61. The monoisotopic (exact) mass is 353 g/mol. The number of hydrogen-bond acceptors (Lipinski definition) is 4. The maximum absolute atomic E-state index is 10.4. The minimum atomic E-state index is -1.96. The van der Waals surface area contributed by atoms with Crippen molar-refractivity contribution < 1.29 is 14.6 Å².